The third kappa shape index (κ3) is 2.47. The third-order valence-electron chi connectivity index (χ3n) is 3.11. The number of benzene rings is 1. The molecule has 1 aromatic carbocycles. The summed E-state index contributed by atoms with van der Waals surface area (Å²) >= 11 is 0. The maximum absolute atomic E-state index is 11.4. The highest BCUT2D eigenvalue weighted by Gasteiger charge is 2.22. The molecule has 0 radical (unpaired) electrons. The number of aliphatic hydroxyl groups is 1. The Morgan fingerprint density at radius 3 is 2.50 bits per heavy atom. The van der Waals surface area contributed by atoms with Gasteiger partial charge in [0.2, 0.25) is 0 Å². The molecule has 1 aliphatic carbocycles. The van der Waals surface area contributed by atoms with Crippen molar-refractivity contribution in [2.24, 2.45) is 0 Å². The Kier molecular flexibility index (Phi) is 3.55. The lowest BCUT2D eigenvalue weighted by Crippen LogP contribution is -2.12. The lowest BCUT2D eigenvalue weighted by atomic mass is 9.86. The molecule has 0 bridgehead atoms. The molecule has 96 valence electrons. The third-order valence-corrected chi connectivity index (χ3v) is 3.11. The van der Waals surface area contributed by atoms with Crippen molar-refractivity contribution < 1.29 is 19.4 Å². The smallest absolute Gasteiger partial charge is 0.160 e. The largest absolute Gasteiger partial charge is 0.512 e. The van der Waals surface area contributed by atoms with Crippen molar-refractivity contribution >= 4 is 5.78 Å². The van der Waals surface area contributed by atoms with Crippen LogP contribution in [-0.2, 0) is 4.79 Å². The zero-order chi connectivity index (χ0) is 13.1. The highest BCUT2D eigenvalue weighted by molar-refractivity contribution is 5.91. The summed E-state index contributed by atoms with van der Waals surface area (Å²) in [4.78, 5) is 11.4. The van der Waals surface area contributed by atoms with Crippen LogP contribution < -0.4 is 9.47 Å². The van der Waals surface area contributed by atoms with Crippen molar-refractivity contribution in [3.8, 4) is 11.5 Å². The molecule has 1 aromatic rings. The van der Waals surface area contributed by atoms with Crippen LogP contribution in [0.3, 0.4) is 0 Å². The summed E-state index contributed by atoms with van der Waals surface area (Å²) in [5, 5.41) is 9.52. The Morgan fingerprint density at radius 1 is 1.17 bits per heavy atom. The van der Waals surface area contributed by atoms with Crippen molar-refractivity contribution in [2.75, 3.05) is 14.2 Å². The molecule has 0 amide bonds. The molecular formula is C14H16O4. The van der Waals surface area contributed by atoms with Crippen LogP contribution in [-0.4, -0.2) is 25.1 Å². The second kappa shape index (κ2) is 5.12. The van der Waals surface area contributed by atoms with Gasteiger partial charge in [0, 0.05) is 18.9 Å². The van der Waals surface area contributed by atoms with E-state index in [1.54, 1.807) is 14.2 Å². The first kappa shape index (κ1) is 12.5. The fourth-order valence-corrected chi connectivity index (χ4v) is 2.21. The van der Waals surface area contributed by atoms with E-state index in [0.29, 0.717) is 24.3 Å². The van der Waals surface area contributed by atoms with Crippen LogP contribution in [0.1, 0.15) is 24.3 Å². The monoisotopic (exact) mass is 248 g/mol. The Balaban J connectivity index is 2.29. The number of aliphatic hydroxyl groups excluding tert-OH is 1. The van der Waals surface area contributed by atoms with E-state index in [1.807, 2.05) is 18.2 Å². The average molecular weight is 248 g/mol. The SMILES string of the molecule is COc1ccc([C@H]2CC(=O)C=C(O)C2)cc1OC. The van der Waals surface area contributed by atoms with Crippen LogP contribution in [0.15, 0.2) is 30.0 Å². The minimum absolute atomic E-state index is 0.00214. The van der Waals surface area contributed by atoms with Gasteiger partial charge in [0.15, 0.2) is 17.3 Å². The summed E-state index contributed by atoms with van der Waals surface area (Å²) in [5.41, 5.74) is 0.973. The van der Waals surface area contributed by atoms with Gasteiger partial charge < -0.3 is 14.6 Å². The predicted octanol–water partition coefficient (Wildman–Crippen LogP) is 2.59. The Hall–Kier alpha value is -1.97. The van der Waals surface area contributed by atoms with Gasteiger partial charge in [-0.15, -0.1) is 0 Å². The van der Waals surface area contributed by atoms with E-state index in [9.17, 15) is 9.90 Å². The molecule has 1 N–H and O–H groups in total. The maximum atomic E-state index is 11.4. The normalized spacial score (nSPS) is 19.3. The number of methoxy groups -OCH3 is 2. The number of carbonyl (C=O) groups excluding carboxylic acids is 1. The number of carbonyl (C=O) groups is 1. The van der Waals surface area contributed by atoms with Gasteiger partial charge in [-0.25, -0.2) is 0 Å². The molecule has 1 atom stereocenters. The van der Waals surface area contributed by atoms with E-state index in [0.717, 1.165) is 5.56 Å². The summed E-state index contributed by atoms with van der Waals surface area (Å²) in [6.45, 7) is 0. The van der Waals surface area contributed by atoms with E-state index in [-0.39, 0.29) is 17.5 Å². The van der Waals surface area contributed by atoms with Crippen molar-refractivity contribution in [3.05, 3.63) is 35.6 Å². The first-order valence-corrected chi connectivity index (χ1v) is 5.78. The molecule has 18 heavy (non-hydrogen) atoms. The molecular weight excluding hydrogens is 232 g/mol. The van der Waals surface area contributed by atoms with Gasteiger partial charge in [-0.2, -0.15) is 0 Å². The van der Waals surface area contributed by atoms with Gasteiger partial charge in [-0.1, -0.05) is 6.07 Å². The van der Waals surface area contributed by atoms with Gasteiger partial charge in [0.05, 0.1) is 20.0 Å². The molecule has 0 fully saturated rings. The molecule has 4 heteroatoms. The van der Waals surface area contributed by atoms with Crippen LogP contribution in [0.25, 0.3) is 0 Å². The molecule has 0 saturated carbocycles. The Morgan fingerprint density at radius 2 is 1.89 bits per heavy atom. The second-order valence-corrected chi connectivity index (χ2v) is 4.32. The van der Waals surface area contributed by atoms with Gasteiger partial charge in [0.25, 0.3) is 0 Å². The van der Waals surface area contributed by atoms with E-state index in [2.05, 4.69) is 0 Å². The fraction of sp³-hybridized carbons (Fsp3) is 0.357. The quantitative estimate of drug-likeness (QED) is 0.893. The lowest BCUT2D eigenvalue weighted by molar-refractivity contribution is -0.115. The molecule has 1 aliphatic rings. The maximum Gasteiger partial charge on any atom is 0.160 e. The molecule has 0 spiro atoms. The van der Waals surface area contributed by atoms with Crippen LogP contribution in [0.4, 0.5) is 0 Å². The summed E-state index contributed by atoms with van der Waals surface area (Å²) in [7, 11) is 3.15. The molecule has 0 aromatic heterocycles. The van der Waals surface area contributed by atoms with E-state index < -0.39 is 0 Å². The van der Waals surface area contributed by atoms with Gasteiger partial charge in [0.1, 0.15) is 0 Å². The van der Waals surface area contributed by atoms with Crippen molar-refractivity contribution in [1.29, 1.82) is 0 Å². The summed E-state index contributed by atoms with van der Waals surface area (Å²) in [6, 6.07) is 5.57. The van der Waals surface area contributed by atoms with Gasteiger partial charge in [-0.05, 0) is 23.6 Å². The number of rotatable bonds is 3. The number of allylic oxidation sites excluding steroid dienone is 2. The zero-order valence-corrected chi connectivity index (χ0v) is 10.5. The van der Waals surface area contributed by atoms with Crippen molar-refractivity contribution in [2.45, 2.75) is 18.8 Å². The highest BCUT2D eigenvalue weighted by atomic mass is 16.5. The topological polar surface area (TPSA) is 55.8 Å². The lowest BCUT2D eigenvalue weighted by Gasteiger charge is -2.20. The minimum atomic E-state index is -0.0430. The van der Waals surface area contributed by atoms with Gasteiger partial charge >= 0.3 is 0 Å². The van der Waals surface area contributed by atoms with E-state index >= 15 is 0 Å². The van der Waals surface area contributed by atoms with Gasteiger partial charge in [-0.3, -0.25) is 4.79 Å². The second-order valence-electron chi connectivity index (χ2n) is 4.32. The summed E-state index contributed by atoms with van der Waals surface area (Å²) < 4.78 is 10.4. The highest BCUT2D eigenvalue weighted by Crippen LogP contribution is 2.35. The zero-order valence-electron chi connectivity index (χ0n) is 10.5. The predicted molar refractivity (Wildman–Crippen MR) is 67.2 cm³/mol. The number of ketones is 1. The Bertz CT molecular complexity index is 491. The van der Waals surface area contributed by atoms with Crippen LogP contribution in [0.5, 0.6) is 11.5 Å². The standard InChI is InChI=1S/C14H16O4/c1-17-13-4-3-9(7-14(13)18-2)10-5-11(15)8-12(16)6-10/h3-4,7-8,10,15H,5-6H2,1-2H3/t10-/m1/s1. The van der Waals surface area contributed by atoms with E-state index in [4.69, 9.17) is 9.47 Å². The molecule has 0 saturated heterocycles. The molecule has 0 heterocycles. The molecule has 0 aliphatic heterocycles. The van der Waals surface area contributed by atoms with Crippen molar-refractivity contribution in [1.82, 2.24) is 0 Å². The van der Waals surface area contributed by atoms with E-state index in [1.165, 1.54) is 6.08 Å². The molecule has 2 rings (SSSR count). The van der Waals surface area contributed by atoms with Crippen molar-refractivity contribution in [3.63, 3.8) is 0 Å². The summed E-state index contributed by atoms with van der Waals surface area (Å²) in [6.07, 6.45) is 2.21. The molecule has 0 unspecified atom stereocenters. The van der Waals surface area contributed by atoms with Crippen LogP contribution in [0, 0.1) is 0 Å². The summed E-state index contributed by atoms with van der Waals surface area (Å²) in [5.74, 6) is 1.39. The number of ether oxygens (including phenoxy) is 2. The Labute approximate surface area is 106 Å². The average Bonchev–Trinajstić information content (AvgIpc) is 2.36. The number of hydrogen-bond acceptors (Lipinski definition) is 4. The van der Waals surface area contributed by atoms with Crippen LogP contribution >= 0.6 is 0 Å². The molecule has 4 nitrogen and oxygen atoms in total. The first-order valence-electron chi connectivity index (χ1n) is 5.78. The van der Waals surface area contributed by atoms with Crippen LogP contribution in [0.2, 0.25) is 0 Å². The fourth-order valence-electron chi connectivity index (χ4n) is 2.21. The number of hydrogen-bond donors (Lipinski definition) is 1. The first-order chi connectivity index (χ1) is 8.63. The minimum Gasteiger partial charge on any atom is -0.512 e.